The zero-order valence-electron chi connectivity index (χ0n) is 17.2. The lowest BCUT2D eigenvalue weighted by Gasteiger charge is -2.28. The van der Waals surface area contributed by atoms with Crippen LogP contribution in [0.4, 0.5) is 0 Å². The number of fused-ring (bicyclic) bond motifs is 5. The van der Waals surface area contributed by atoms with Gasteiger partial charge in [-0.25, -0.2) is 4.79 Å². The summed E-state index contributed by atoms with van der Waals surface area (Å²) in [5, 5.41) is 0. The van der Waals surface area contributed by atoms with Crippen molar-refractivity contribution in [1.29, 1.82) is 0 Å². The Bertz CT molecular complexity index is 888. The lowest BCUT2D eigenvalue weighted by atomic mass is 9.85. The first kappa shape index (κ1) is 20.3. The molecule has 0 radical (unpaired) electrons. The van der Waals surface area contributed by atoms with E-state index in [4.69, 9.17) is 9.47 Å². The Morgan fingerprint density at radius 2 is 1.60 bits per heavy atom. The summed E-state index contributed by atoms with van der Waals surface area (Å²) in [4.78, 5) is 52.4. The fourth-order valence-electron chi connectivity index (χ4n) is 4.96. The Morgan fingerprint density at radius 1 is 1.03 bits per heavy atom. The number of carbonyl (C=O) groups excluding carboxylic acids is 4. The van der Waals surface area contributed by atoms with Crippen molar-refractivity contribution in [2.45, 2.75) is 26.3 Å². The Balaban J connectivity index is 1.45. The molecule has 2 amide bonds. The van der Waals surface area contributed by atoms with Crippen molar-refractivity contribution in [2.24, 2.45) is 29.6 Å². The topological polar surface area (TPSA) is 90.0 Å². The monoisotopic (exact) mass is 411 g/mol. The minimum absolute atomic E-state index is 0.0712. The van der Waals surface area contributed by atoms with Gasteiger partial charge in [0.25, 0.3) is 0 Å². The molecule has 1 saturated carbocycles. The highest BCUT2D eigenvalue weighted by Crippen LogP contribution is 2.53. The third kappa shape index (κ3) is 3.22. The lowest BCUT2D eigenvalue weighted by molar-refractivity contribution is -0.160. The van der Waals surface area contributed by atoms with E-state index in [-0.39, 0.29) is 47.2 Å². The van der Waals surface area contributed by atoms with Gasteiger partial charge in [-0.05, 0) is 48.4 Å². The van der Waals surface area contributed by atoms with E-state index in [1.807, 2.05) is 12.2 Å². The second kappa shape index (κ2) is 7.70. The molecule has 30 heavy (non-hydrogen) atoms. The zero-order valence-corrected chi connectivity index (χ0v) is 17.2. The Labute approximate surface area is 175 Å². The summed E-state index contributed by atoms with van der Waals surface area (Å²) in [6.07, 6.45) is 4.85. The molecule has 158 valence electrons. The van der Waals surface area contributed by atoms with Crippen LogP contribution in [0.2, 0.25) is 0 Å². The van der Waals surface area contributed by atoms with Gasteiger partial charge in [0.1, 0.15) is 11.8 Å². The summed E-state index contributed by atoms with van der Waals surface area (Å²) in [5.41, 5.74) is 0.384. The summed E-state index contributed by atoms with van der Waals surface area (Å²) < 4.78 is 10.3. The molecule has 3 aliphatic rings. The number of esters is 1. The molecule has 0 unspecified atom stereocenters. The predicted octanol–water partition coefficient (Wildman–Crippen LogP) is 2.25. The molecule has 4 rings (SSSR count). The maximum Gasteiger partial charge on any atom is 0.330 e. The number of amides is 2. The maximum absolute atomic E-state index is 13.0. The minimum Gasteiger partial charge on any atom is -0.497 e. The van der Waals surface area contributed by atoms with Crippen molar-refractivity contribution < 1.29 is 28.7 Å². The zero-order chi connectivity index (χ0) is 21.6. The van der Waals surface area contributed by atoms with E-state index < -0.39 is 18.6 Å². The number of rotatable bonds is 7. The van der Waals surface area contributed by atoms with E-state index in [2.05, 4.69) is 0 Å². The van der Waals surface area contributed by atoms with E-state index in [1.54, 1.807) is 38.1 Å². The molecule has 1 heterocycles. The Hall–Kier alpha value is -2.96. The SMILES string of the molecule is COc1ccc(C(=O)COC(=O)[C@H](C(C)C)N2C(=O)[C@@H]3[C@H](C2=O)[C@@H]2C=C[C@H]3C2)cc1. The van der Waals surface area contributed by atoms with E-state index >= 15 is 0 Å². The van der Waals surface area contributed by atoms with Gasteiger partial charge in [0.15, 0.2) is 12.4 Å². The van der Waals surface area contributed by atoms with Crippen LogP contribution in [0.3, 0.4) is 0 Å². The van der Waals surface area contributed by atoms with Crippen molar-refractivity contribution in [3.8, 4) is 5.75 Å². The number of ether oxygens (including phenoxy) is 2. The number of nitrogens with zero attached hydrogens (tertiary/aromatic N) is 1. The summed E-state index contributed by atoms with van der Waals surface area (Å²) in [6.45, 7) is 3.07. The number of hydrogen-bond donors (Lipinski definition) is 0. The van der Waals surface area contributed by atoms with Crippen molar-refractivity contribution in [2.75, 3.05) is 13.7 Å². The molecule has 2 bridgehead atoms. The van der Waals surface area contributed by atoms with Crippen LogP contribution in [0.1, 0.15) is 30.6 Å². The van der Waals surface area contributed by atoms with Crippen LogP contribution in [0.15, 0.2) is 36.4 Å². The Morgan fingerprint density at radius 3 is 2.10 bits per heavy atom. The quantitative estimate of drug-likeness (QED) is 0.296. The van der Waals surface area contributed by atoms with E-state index in [0.29, 0.717) is 11.3 Å². The number of methoxy groups -OCH3 is 1. The number of likely N-dealkylation sites (tertiary alicyclic amines) is 1. The van der Waals surface area contributed by atoms with Crippen LogP contribution in [-0.2, 0) is 19.1 Å². The Kier molecular flexibility index (Phi) is 5.22. The molecule has 1 aromatic carbocycles. The largest absolute Gasteiger partial charge is 0.497 e. The molecule has 7 heteroatoms. The van der Waals surface area contributed by atoms with Gasteiger partial charge in [-0.15, -0.1) is 0 Å². The third-order valence-corrected chi connectivity index (χ3v) is 6.41. The fraction of sp³-hybridized carbons (Fsp3) is 0.478. The summed E-state index contributed by atoms with van der Waals surface area (Å²) in [6, 6.07) is 5.45. The van der Waals surface area contributed by atoms with Gasteiger partial charge >= 0.3 is 5.97 Å². The molecule has 1 aliphatic heterocycles. The van der Waals surface area contributed by atoms with E-state index in [1.165, 1.54) is 7.11 Å². The lowest BCUT2D eigenvalue weighted by Crippen LogP contribution is -2.50. The van der Waals surface area contributed by atoms with Gasteiger partial charge < -0.3 is 9.47 Å². The third-order valence-electron chi connectivity index (χ3n) is 6.41. The molecule has 0 spiro atoms. The van der Waals surface area contributed by atoms with Crippen LogP contribution in [-0.4, -0.2) is 48.2 Å². The molecule has 5 atom stereocenters. The van der Waals surface area contributed by atoms with Gasteiger partial charge in [0.05, 0.1) is 18.9 Å². The molecular weight excluding hydrogens is 386 g/mol. The fourth-order valence-corrected chi connectivity index (χ4v) is 4.96. The molecule has 0 N–H and O–H groups in total. The van der Waals surface area contributed by atoms with Crippen LogP contribution in [0, 0.1) is 29.6 Å². The molecular formula is C23H25NO6. The second-order valence-electron chi connectivity index (χ2n) is 8.49. The summed E-state index contributed by atoms with van der Waals surface area (Å²) >= 11 is 0. The van der Waals surface area contributed by atoms with E-state index in [9.17, 15) is 19.2 Å². The van der Waals surface area contributed by atoms with Crippen molar-refractivity contribution in [3.63, 3.8) is 0 Å². The summed E-state index contributed by atoms with van der Waals surface area (Å²) in [7, 11) is 1.53. The molecule has 1 aromatic rings. The highest BCUT2D eigenvalue weighted by Gasteiger charge is 2.61. The average Bonchev–Trinajstić information content (AvgIpc) is 3.42. The number of hydrogen-bond acceptors (Lipinski definition) is 6. The molecule has 2 aliphatic carbocycles. The molecule has 0 aromatic heterocycles. The van der Waals surface area contributed by atoms with Crippen LogP contribution in [0.5, 0.6) is 5.75 Å². The molecule has 2 fully saturated rings. The number of allylic oxidation sites excluding steroid dienone is 2. The smallest absolute Gasteiger partial charge is 0.330 e. The number of benzene rings is 1. The highest BCUT2D eigenvalue weighted by atomic mass is 16.5. The average molecular weight is 411 g/mol. The first-order chi connectivity index (χ1) is 14.3. The van der Waals surface area contributed by atoms with Gasteiger partial charge in [-0.2, -0.15) is 0 Å². The number of imide groups is 1. The highest BCUT2D eigenvalue weighted by molar-refractivity contribution is 6.09. The number of Topliss-reactive ketones (excluding diaryl/α,β-unsaturated/α-hetero) is 1. The van der Waals surface area contributed by atoms with Gasteiger partial charge in [-0.1, -0.05) is 26.0 Å². The molecule has 1 saturated heterocycles. The predicted molar refractivity (Wildman–Crippen MR) is 106 cm³/mol. The van der Waals surface area contributed by atoms with Crippen LogP contribution in [0.25, 0.3) is 0 Å². The first-order valence-electron chi connectivity index (χ1n) is 10.2. The second-order valence-corrected chi connectivity index (χ2v) is 8.49. The maximum atomic E-state index is 13.0. The summed E-state index contributed by atoms with van der Waals surface area (Å²) in [5.74, 6) is -2.00. The van der Waals surface area contributed by atoms with Crippen molar-refractivity contribution in [3.05, 3.63) is 42.0 Å². The van der Waals surface area contributed by atoms with Crippen LogP contribution < -0.4 is 4.74 Å². The normalized spacial score (nSPS) is 27.5. The van der Waals surface area contributed by atoms with Crippen molar-refractivity contribution in [1.82, 2.24) is 4.90 Å². The van der Waals surface area contributed by atoms with Gasteiger partial charge in [0, 0.05) is 5.56 Å². The minimum atomic E-state index is -1.03. The van der Waals surface area contributed by atoms with E-state index in [0.717, 1.165) is 11.3 Å². The standard InChI is InChI=1S/C23H25NO6/c1-12(2)20(23(28)30-11-17(25)13-6-8-16(29-3)9-7-13)24-21(26)18-14-4-5-15(10-14)19(18)22(24)27/h4-9,12,14-15,18-20H,10-11H2,1-3H3/t14-,15+,18-,19+,20-/m0/s1. The van der Waals surface area contributed by atoms with Gasteiger partial charge in [0.2, 0.25) is 11.8 Å². The van der Waals surface area contributed by atoms with Gasteiger partial charge in [-0.3, -0.25) is 19.3 Å². The van der Waals surface area contributed by atoms with Crippen molar-refractivity contribution >= 4 is 23.6 Å². The number of ketones is 1. The first-order valence-corrected chi connectivity index (χ1v) is 10.2. The van der Waals surface area contributed by atoms with Crippen LogP contribution >= 0.6 is 0 Å². The molecule has 7 nitrogen and oxygen atoms in total. The number of carbonyl (C=O) groups is 4.